The van der Waals surface area contributed by atoms with Crippen molar-refractivity contribution in [2.75, 3.05) is 5.32 Å². The molecule has 0 aliphatic rings. The highest BCUT2D eigenvalue weighted by Gasteiger charge is 2.07. The number of benzene rings is 2. The van der Waals surface area contributed by atoms with Gasteiger partial charge in [-0.1, -0.05) is 30.3 Å². The number of aliphatic hydroxyl groups excluding tert-OH is 1. The van der Waals surface area contributed by atoms with Crippen molar-refractivity contribution in [3.8, 4) is 0 Å². The van der Waals surface area contributed by atoms with Gasteiger partial charge in [-0.05, 0) is 49.6 Å². The Morgan fingerprint density at radius 2 is 1.55 bits per heavy atom. The Morgan fingerprint density at radius 1 is 0.950 bits per heavy atom. The molecule has 3 nitrogen and oxygen atoms in total. The zero-order valence-corrected chi connectivity index (χ0v) is 11.8. The van der Waals surface area contributed by atoms with Crippen LogP contribution in [0.1, 0.15) is 31.4 Å². The van der Waals surface area contributed by atoms with Crippen molar-refractivity contribution in [3.63, 3.8) is 0 Å². The fourth-order valence-electron chi connectivity index (χ4n) is 2.09. The van der Waals surface area contributed by atoms with Crippen LogP contribution >= 0.6 is 0 Å². The Hall–Kier alpha value is -1.84. The SMILES string of the molecule is CC(O)CCC(N)c1ccc(Nc2ccccc2)cc1. The second-order valence-electron chi connectivity index (χ2n) is 5.15. The van der Waals surface area contributed by atoms with E-state index < -0.39 is 0 Å². The first kappa shape index (κ1) is 14.6. The molecule has 20 heavy (non-hydrogen) atoms. The number of aliphatic hydroxyl groups is 1. The molecule has 0 saturated heterocycles. The lowest BCUT2D eigenvalue weighted by atomic mass is 10.0. The van der Waals surface area contributed by atoms with Gasteiger partial charge < -0.3 is 16.2 Å². The molecule has 0 amide bonds. The molecule has 2 atom stereocenters. The molecule has 0 bridgehead atoms. The standard InChI is InChI=1S/C17H22N2O/c1-13(20)7-12-17(18)14-8-10-16(11-9-14)19-15-5-3-2-4-6-15/h2-6,8-11,13,17,19-20H,7,12,18H2,1H3. The molecule has 2 aromatic carbocycles. The zero-order valence-electron chi connectivity index (χ0n) is 11.8. The molecule has 0 radical (unpaired) electrons. The summed E-state index contributed by atoms with van der Waals surface area (Å²) < 4.78 is 0. The third-order valence-electron chi connectivity index (χ3n) is 3.30. The summed E-state index contributed by atoms with van der Waals surface area (Å²) in [4.78, 5) is 0. The van der Waals surface area contributed by atoms with Crippen molar-refractivity contribution in [1.82, 2.24) is 0 Å². The number of nitrogens with one attached hydrogen (secondary N) is 1. The van der Waals surface area contributed by atoms with Gasteiger partial charge in [0.2, 0.25) is 0 Å². The zero-order chi connectivity index (χ0) is 14.4. The summed E-state index contributed by atoms with van der Waals surface area (Å²) in [6, 6.07) is 18.2. The van der Waals surface area contributed by atoms with Gasteiger partial charge in [0.05, 0.1) is 6.10 Å². The maximum absolute atomic E-state index is 9.29. The molecule has 0 saturated carbocycles. The predicted molar refractivity (Wildman–Crippen MR) is 84.0 cm³/mol. The molecule has 0 heterocycles. The van der Waals surface area contributed by atoms with Crippen LogP contribution in [-0.2, 0) is 0 Å². The van der Waals surface area contributed by atoms with Crippen molar-refractivity contribution in [1.29, 1.82) is 0 Å². The first-order valence-corrected chi connectivity index (χ1v) is 7.01. The first-order valence-electron chi connectivity index (χ1n) is 7.01. The second-order valence-corrected chi connectivity index (χ2v) is 5.15. The minimum absolute atomic E-state index is 0.0182. The smallest absolute Gasteiger partial charge is 0.0512 e. The van der Waals surface area contributed by atoms with Crippen LogP contribution < -0.4 is 11.1 Å². The lowest BCUT2D eigenvalue weighted by molar-refractivity contribution is 0.178. The van der Waals surface area contributed by atoms with Crippen molar-refractivity contribution < 1.29 is 5.11 Å². The van der Waals surface area contributed by atoms with Crippen molar-refractivity contribution in [2.45, 2.75) is 31.9 Å². The molecule has 0 aliphatic carbocycles. The molecule has 2 aromatic rings. The van der Waals surface area contributed by atoms with Crippen LogP contribution in [0, 0.1) is 0 Å². The lowest BCUT2D eigenvalue weighted by Crippen LogP contribution is -2.13. The molecule has 3 heteroatoms. The minimum Gasteiger partial charge on any atom is -0.393 e. The van der Waals surface area contributed by atoms with Crippen molar-refractivity contribution in [3.05, 3.63) is 60.2 Å². The highest BCUT2D eigenvalue weighted by Crippen LogP contribution is 2.21. The maximum atomic E-state index is 9.29. The number of anilines is 2. The van der Waals surface area contributed by atoms with Crippen LogP contribution in [0.5, 0.6) is 0 Å². The molecule has 4 N–H and O–H groups in total. The number of rotatable bonds is 6. The van der Waals surface area contributed by atoms with Gasteiger partial charge in [0.1, 0.15) is 0 Å². The summed E-state index contributed by atoms with van der Waals surface area (Å²) >= 11 is 0. The quantitative estimate of drug-likeness (QED) is 0.751. The van der Waals surface area contributed by atoms with E-state index in [1.165, 1.54) is 0 Å². The van der Waals surface area contributed by atoms with E-state index in [1.807, 2.05) is 54.6 Å². The molecule has 0 spiro atoms. The topological polar surface area (TPSA) is 58.3 Å². The summed E-state index contributed by atoms with van der Waals surface area (Å²) in [5.74, 6) is 0. The Balaban J connectivity index is 1.96. The van der Waals surface area contributed by atoms with Gasteiger partial charge in [0, 0.05) is 17.4 Å². The molecule has 0 aromatic heterocycles. The number of nitrogens with two attached hydrogens (primary N) is 1. The van der Waals surface area contributed by atoms with E-state index in [1.54, 1.807) is 6.92 Å². The molecular weight excluding hydrogens is 248 g/mol. The number of hydrogen-bond acceptors (Lipinski definition) is 3. The minimum atomic E-state index is -0.292. The molecule has 0 fully saturated rings. The summed E-state index contributed by atoms with van der Waals surface area (Å²) in [6.07, 6.45) is 1.23. The summed E-state index contributed by atoms with van der Waals surface area (Å²) in [6.45, 7) is 1.79. The maximum Gasteiger partial charge on any atom is 0.0512 e. The highest BCUT2D eigenvalue weighted by atomic mass is 16.3. The second kappa shape index (κ2) is 7.08. The van der Waals surface area contributed by atoms with Crippen LogP contribution in [0.2, 0.25) is 0 Å². The Bertz CT molecular complexity index is 508. The van der Waals surface area contributed by atoms with E-state index in [4.69, 9.17) is 5.73 Å². The average Bonchev–Trinajstić information content (AvgIpc) is 2.46. The van der Waals surface area contributed by atoms with Crippen LogP contribution in [0.15, 0.2) is 54.6 Å². The van der Waals surface area contributed by atoms with Gasteiger partial charge >= 0.3 is 0 Å². The third-order valence-corrected chi connectivity index (χ3v) is 3.30. The Morgan fingerprint density at radius 3 is 2.15 bits per heavy atom. The van der Waals surface area contributed by atoms with E-state index in [-0.39, 0.29) is 12.1 Å². The van der Waals surface area contributed by atoms with Crippen LogP contribution in [0.4, 0.5) is 11.4 Å². The number of para-hydroxylation sites is 1. The van der Waals surface area contributed by atoms with Crippen LogP contribution in [-0.4, -0.2) is 11.2 Å². The molecule has 2 rings (SSSR count). The van der Waals surface area contributed by atoms with E-state index >= 15 is 0 Å². The van der Waals surface area contributed by atoms with E-state index in [9.17, 15) is 5.11 Å². The van der Waals surface area contributed by atoms with Gasteiger partial charge in [-0.3, -0.25) is 0 Å². The monoisotopic (exact) mass is 270 g/mol. The summed E-state index contributed by atoms with van der Waals surface area (Å²) in [7, 11) is 0. The van der Waals surface area contributed by atoms with E-state index in [0.29, 0.717) is 0 Å². The van der Waals surface area contributed by atoms with Crippen LogP contribution in [0.3, 0.4) is 0 Å². The largest absolute Gasteiger partial charge is 0.393 e. The number of hydrogen-bond donors (Lipinski definition) is 3. The van der Waals surface area contributed by atoms with Gasteiger partial charge in [-0.25, -0.2) is 0 Å². The summed E-state index contributed by atoms with van der Waals surface area (Å²) in [5, 5.41) is 12.6. The van der Waals surface area contributed by atoms with Crippen molar-refractivity contribution in [2.24, 2.45) is 5.73 Å². The molecule has 106 valence electrons. The lowest BCUT2D eigenvalue weighted by Gasteiger charge is -2.14. The normalized spacial score (nSPS) is 13.8. The third kappa shape index (κ3) is 4.37. The van der Waals surface area contributed by atoms with Gasteiger partial charge in [-0.2, -0.15) is 0 Å². The van der Waals surface area contributed by atoms with Gasteiger partial charge in [0.25, 0.3) is 0 Å². The first-order chi connectivity index (χ1) is 9.65. The summed E-state index contributed by atoms with van der Waals surface area (Å²) in [5.41, 5.74) is 9.33. The van der Waals surface area contributed by atoms with Gasteiger partial charge in [-0.15, -0.1) is 0 Å². The Labute approximate surface area is 120 Å². The Kier molecular flexibility index (Phi) is 5.16. The van der Waals surface area contributed by atoms with Crippen molar-refractivity contribution >= 4 is 11.4 Å². The van der Waals surface area contributed by atoms with Gasteiger partial charge in [0.15, 0.2) is 0 Å². The predicted octanol–water partition coefficient (Wildman–Crippen LogP) is 3.59. The molecule has 2 unspecified atom stereocenters. The molecule has 0 aliphatic heterocycles. The van der Waals surface area contributed by atoms with E-state index in [0.717, 1.165) is 29.8 Å². The molecular formula is C17H22N2O. The highest BCUT2D eigenvalue weighted by molar-refractivity contribution is 5.59. The average molecular weight is 270 g/mol. The van der Waals surface area contributed by atoms with Crippen LogP contribution in [0.25, 0.3) is 0 Å². The fourth-order valence-corrected chi connectivity index (χ4v) is 2.09. The fraction of sp³-hybridized carbons (Fsp3) is 0.294. The van der Waals surface area contributed by atoms with E-state index in [2.05, 4.69) is 5.32 Å².